The van der Waals surface area contributed by atoms with E-state index < -0.39 is 29.3 Å². The number of aliphatic carboxylic acids is 1. The lowest BCUT2D eigenvalue weighted by Gasteiger charge is -2.34. The van der Waals surface area contributed by atoms with Gasteiger partial charge in [-0.15, -0.1) is 0 Å². The molecular weight excluding hydrogens is 370 g/mol. The first-order valence-electron chi connectivity index (χ1n) is 8.87. The summed E-state index contributed by atoms with van der Waals surface area (Å²) in [5.41, 5.74) is -1.58. The Kier molecular flexibility index (Phi) is 6.96. The van der Waals surface area contributed by atoms with E-state index >= 15 is 0 Å². The molecule has 146 valence electrons. The molecule has 2 rings (SSSR count). The lowest BCUT2D eigenvalue weighted by molar-refractivity contribution is -0.164. The van der Waals surface area contributed by atoms with Crippen molar-refractivity contribution < 1.29 is 19.4 Å². The molecule has 8 heteroatoms. The fraction of sp³-hybridized carbons (Fsp3) is 0.474. The van der Waals surface area contributed by atoms with Crippen molar-refractivity contribution >= 4 is 23.4 Å². The van der Waals surface area contributed by atoms with E-state index in [4.69, 9.17) is 16.3 Å². The van der Waals surface area contributed by atoms with Crippen LogP contribution in [0.1, 0.15) is 46.3 Å². The number of benzene rings is 1. The van der Waals surface area contributed by atoms with E-state index in [2.05, 4.69) is 10.1 Å². The number of ketones is 1. The van der Waals surface area contributed by atoms with E-state index in [-0.39, 0.29) is 6.42 Å². The molecule has 0 bridgehead atoms. The number of halogens is 1. The summed E-state index contributed by atoms with van der Waals surface area (Å²) in [7, 11) is 0. The summed E-state index contributed by atoms with van der Waals surface area (Å²) in [5, 5.41) is 14.5. The lowest BCUT2D eigenvalue weighted by atomic mass is 9.69. The molecule has 1 N–H and O–H groups in total. The van der Waals surface area contributed by atoms with Crippen molar-refractivity contribution in [2.24, 2.45) is 11.3 Å². The molecular formula is C19H24ClN3O4. The Morgan fingerprint density at radius 3 is 2.44 bits per heavy atom. The summed E-state index contributed by atoms with van der Waals surface area (Å²) in [6.07, 6.45) is 2.98. The molecule has 1 aromatic heterocycles. The minimum atomic E-state index is -1.58. The molecule has 7 nitrogen and oxygen atoms in total. The van der Waals surface area contributed by atoms with Gasteiger partial charge in [0.25, 0.3) is 6.23 Å². The number of hydrogen-bond acceptors (Lipinski definition) is 5. The van der Waals surface area contributed by atoms with E-state index in [0.29, 0.717) is 17.2 Å². The first-order chi connectivity index (χ1) is 12.8. The third-order valence-corrected chi connectivity index (χ3v) is 4.95. The molecule has 0 aliphatic heterocycles. The lowest BCUT2D eigenvalue weighted by Crippen LogP contribution is -2.48. The molecule has 0 fully saturated rings. The number of aromatic nitrogens is 3. The van der Waals surface area contributed by atoms with Gasteiger partial charge < -0.3 is 9.84 Å². The Bertz CT molecular complexity index is 762. The first-order valence-corrected chi connectivity index (χ1v) is 9.24. The van der Waals surface area contributed by atoms with Gasteiger partial charge in [0.2, 0.25) is 5.78 Å². The van der Waals surface area contributed by atoms with Gasteiger partial charge in [0.15, 0.2) is 0 Å². The van der Waals surface area contributed by atoms with Crippen LogP contribution in [-0.4, -0.2) is 31.6 Å². The van der Waals surface area contributed by atoms with E-state index in [1.807, 2.05) is 6.92 Å². The Labute approximate surface area is 163 Å². The zero-order valence-electron chi connectivity index (χ0n) is 15.6. The fourth-order valence-electron chi connectivity index (χ4n) is 3.04. The van der Waals surface area contributed by atoms with Crippen LogP contribution >= 0.6 is 11.6 Å². The SMILES string of the molecule is CCCCC(C(=O)O)(C(=O)C(Oc1ccc(Cl)cc1)n1cncn1)C(C)C. The van der Waals surface area contributed by atoms with Crippen LogP contribution in [0.2, 0.25) is 5.02 Å². The molecule has 0 saturated carbocycles. The molecule has 2 aromatic rings. The van der Waals surface area contributed by atoms with Gasteiger partial charge in [0, 0.05) is 5.02 Å². The summed E-state index contributed by atoms with van der Waals surface area (Å²) < 4.78 is 7.09. The zero-order valence-corrected chi connectivity index (χ0v) is 16.4. The molecule has 0 radical (unpaired) electrons. The van der Waals surface area contributed by atoms with Crippen LogP contribution in [-0.2, 0) is 9.59 Å². The van der Waals surface area contributed by atoms with Crippen molar-refractivity contribution in [1.82, 2.24) is 14.8 Å². The number of carboxylic acid groups (broad SMARTS) is 1. The first kappa shape index (κ1) is 20.9. The Hall–Kier alpha value is -2.41. The summed E-state index contributed by atoms with van der Waals surface area (Å²) in [6.45, 7) is 5.43. The van der Waals surface area contributed by atoms with Gasteiger partial charge in [-0.1, -0.05) is 45.2 Å². The van der Waals surface area contributed by atoms with Gasteiger partial charge in [-0.2, -0.15) is 5.10 Å². The van der Waals surface area contributed by atoms with E-state index in [9.17, 15) is 14.7 Å². The van der Waals surface area contributed by atoms with Crippen molar-refractivity contribution in [3.63, 3.8) is 0 Å². The Balaban J connectivity index is 2.46. The number of unbranched alkanes of at least 4 members (excludes halogenated alkanes) is 1. The molecule has 2 atom stereocenters. The van der Waals surface area contributed by atoms with Gasteiger partial charge in [0.05, 0.1) is 0 Å². The maximum atomic E-state index is 13.5. The Morgan fingerprint density at radius 1 is 1.30 bits per heavy atom. The molecule has 0 saturated heterocycles. The number of carbonyl (C=O) groups is 2. The van der Waals surface area contributed by atoms with E-state index in [1.54, 1.807) is 38.1 Å². The third kappa shape index (κ3) is 4.47. The summed E-state index contributed by atoms with van der Waals surface area (Å²) >= 11 is 5.90. The van der Waals surface area contributed by atoms with Crippen LogP contribution < -0.4 is 4.74 Å². The quantitative estimate of drug-likeness (QED) is 0.613. The molecule has 0 spiro atoms. The summed E-state index contributed by atoms with van der Waals surface area (Å²) in [4.78, 5) is 29.6. The van der Waals surface area contributed by atoms with Crippen molar-refractivity contribution in [2.75, 3.05) is 0 Å². The molecule has 0 aliphatic carbocycles. The van der Waals surface area contributed by atoms with Gasteiger partial charge in [-0.3, -0.25) is 9.59 Å². The number of nitrogens with zero attached hydrogens (tertiary/aromatic N) is 3. The third-order valence-electron chi connectivity index (χ3n) is 4.69. The second-order valence-electron chi connectivity index (χ2n) is 6.70. The summed E-state index contributed by atoms with van der Waals surface area (Å²) in [6, 6.07) is 6.49. The number of Topliss-reactive ketones (excluding diaryl/α,β-unsaturated/α-hetero) is 1. The number of carbonyl (C=O) groups excluding carboxylic acids is 1. The second-order valence-corrected chi connectivity index (χ2v) is 7.14. The smallest absolute Gasteiger partial charge is 0.317 e. The predicted octanol–water partition coefficient (Wildman–Crippen LogP) is 4.00. The van der Waals surface area contributed by atoms with Crippen molar-refractivity contribution in [3.8, 4) is 5.75 Å². The average Bonchev–Trinajstić information content (AvgIpc) is 3.15. The van der Waals surface area contributed by atoms with Crippen LogP contribution in [0, 0.1) is 11.3 Å². The summed E-state index contributed by atoms with van der Waals surface area (Å²) in [5.74, 6) is -1.75. The minimum Gasteiger partial charge on any atom is -0.480 e. The minimum absolute atomic E-state index is 0.227. The molecule has 2 unspecified atom stereocenters. The van der Waals surface area contributed by atoms with Crippen LogP contribution in [0.3, 0.4) is 0 Å². The topological polar surface area (TPSA) is 94.3 Å². The van der Waals surface area contributed by atoms with Gasteiger partial charge >= 0.3 is 5.97 Å². The number of carboxylic acids is 1. The van der Waals surface area contributed by atoms with Crippen LogP contribution in [0.15, 0.2) is 36.9 Å². The van der Waals surface area contributed by atoms with Gasteiger partial charge in [-0.25, -0.2) is 9.67 Å². The van der Waals surface area contributed by atoms with Crippen molar-refractivity contribution in [3.05, 3.63) is 41.9 Å². The molecule has 0 aliphatic rings. The molecule has 27 heavy (non-hydrogen) atoms. The largest absolute Gasteiger partial charge is 0.480 e. The van der Waals surface area contributed by atoms with Crippen molar-refractivity contribution in [1.29, 1.82) is 0 Å². The normalized spacial score (nSPS) is 14.6. The molecule has 1 aromatic carbocycles. The van der Waals surface area contributed by atoms with Crippen molar-refractivity contribution in [2.45, 2.75) is 46.3 Å². The average molecular weight is 394 g/mol. The predicted molar refractivity (Wildman–Crippen MR) is 101 cm³/mol. The highest BCUT2D eigenvalue weighted by molar-refractivity contribution is 6.30. The molecule has 0 amide bonds. The zero-order chi connectivity index (χ0) is 20.0. The van der Waals surface area contributed by atoms with Gasteiger partial charge in [0.1, 0.15) is 23.8 Å². The highest BCUT2D eigenvalue weighted by Gasteiger charge is 2.52. The second kappa shape index (κ2) is 8.99. The maximum absolute atomic E-state index is 13.5. The van der Waals surface area contributed by atoms with E-state index in [1.165, 1.54) is 17.3 Å². The number of rotatable bonds is 10. The Morgan fingerprint density at radius 2 is 1.96 bits per heavy atom. The fourth-order valence-corrected chi connectivity index (χ4v) is 3.17. The van der Waals surface area contributed by atoms with Crippen LogP contribution in [0.4, 0.5) is 0 Å². The number of hydrogen-bond donors (Lipinski definition) is 1. The van der Waals surface area contributed by atoms with Gasteiger partial charge in [-0.05, 0) is 36.6 Å². The van der Waals surface area contributed by atoms with Crippen LogP contribution in [0.5, 0.6) is 5.75 Å². The number of ether oxygens (including phenoxy) is 1. The van der Waals surface area contributed by atoms with E-state index in [0.717, 1.165) is 6.42 Å². The standard InChI is InChI=1S/C19H24ClN3O4/c1-4-5-10-19(13(2)3,18(25)26)16(24)17(23-12-21-11-22-23)27-15-8-6-14(20)7-9-15/h6-9,11-13,17H,4-5,10H2,1-3H3,(H,25,26). The monoisotopic (exact) mass is 393 g/mol. The highest BCUT2D eigenvalue weighted by Crippen LogP contribution is 2.39. The molecule has 1 heterocycles. The highest BCUT2D eigenvalue weighted by atomic mass is 35.5. The van der Waals surface area contributed by atoms with Crippen LogP contribution in [0.25, 0.3) is 0 Å². The maximum Gasteiger partial charge on any atom is 0.317 e.